The third-order valence-corrected chi connectivity index (χ3v) is 4.84. The zero-order valence-corrected chi connectivity index (χ0v) is 12.4. The van der Waals surface area contributed by atoms with Crippen LogP contribution in [0.1, 0.15) is 0 Å². The standard InChI is InChI=1S/C16H9ClN2OS/c17-13-11-8-4-5-9-12(11)21-14(13)16-19-18-15(20-16)10-6-2-1-3-7-10/h1-9H. The Balaban J connectivity index is 1.83. The van der Waals surface area contributed by atoms with Crippen LogP contribution in [0.15, 0.2) is 59.0 Å². The maximum Gasteiger partial charge on any atom is 0.259 e. The van der Waals surface area contributed by atoms with Crippen molar-refractivity contribution in [3.63, 3.8) is 0 Å². The summed E-state index contributed by atoms with van der Waals surface area (Å²) in [6.07, 6.45) is 0. The van der Waals surface area contributed by atoms with Gasteiger partial charge in [0.1, 0.15) is 4.88 Å². The van der Waals surface area contributed by atoms with E-state index in [1.165, 1.54) is 0 Å². The summed E-state index contributed by atoms with van der Waals surface area (Å²) in [6, 6.07) is 17.7. The molecular weight excluding hydrogens is 304 g/mol. The normalized spacial score (nSPS) is 11.1. The monoisotopic (exact) mass is 312 g/mol. The Morgan fingerprint density at radius 1 is 0.857 bits per heavy atom. The molecule has 0 bridgehead atoms. The molecule has 0 aliphatic heterocycles. The zero-order chi connectivity index (χ0) is 14.2. The second kappa shape index (κ2) is 4.98. The van der Waals surface area contributed by atoms with Crippen molar-refractivity contribution in [3.8, 4) is 22.2 Å². The van der Waals surface area contributed by atoms with E-state index in [-0.39, 0.29) is 0 Å². The van der Waals surface area contributed by atoms with E-state index in [0.717, 1.165) is 20.5 Å². The summed E-state index contributed by atoms with van der Waals surface area (Å²) < 4.78 is 6.88. The summed E-state index contributed by atoms with van der Waals surface area (Å²) in [5.41, 5.74) is 0.897. The van der Waals surface area contributed by atoms with Gasteiger partial charge in [0.25, 0.3) is 5.89 Å². The second-order valence-corrected chi connectivity index (χ2v) is 5.95. The number of rotatable bonds is 2. The van der Waals surface area contributed by atoms with Gasteiger partial charge in [-0.15, -0.1) is 21.5 Å². The van der Waals surface area contributed by atoms with Gasteiger partial charge < -0.3 is 4.42 Å². The van der Waals surface area contributed by atoms with Crippen molar-refractivity contribution < 1.29 is 4.42 Å². The van der Waals surface area contributed by atoms with Gasteiger partial charge >= 0.3 is 0 Å². The van der Waals surface area contributed by atoms with Crippen LogP contribution < -0.4 is 0 Å². The molecule has 2 aromatic heterocycles. The number of fused-ring (bicyclic) bond motifs is 1. The van der Waals surface area contributed by atoms with Crippen LogP contribution in [0.2, 0.25) is 5.02 Å². The van der Waals surface area contributed by atoms with Crippen molar-refractivity contribution in [2.45, 2.75) is 0 Å². The quantitative estimate of drug-likeness (QED) is 0.506. The Kier molecular flexibility index (Phi) is 2.98. The first-order chi connectivity index (χ1) is 10.3. The Labute approximate surface area is 129 Å². The number of benzene rings is 2. The van der Waals surface area contributed by atoms with E-state index in [4.69, 9.17) is 16.0 Å². The molecule has 21 heavy (non-hydrogen) atoms. The molecule has 0 atom stereocenters. The molecule has 0 aliphatic carbocycles. The first kappa shape index (κ1) is 12.6. The lowest BCUT2D eigenvalue weighted by Gasteiger charge is -1.92. The number of nitrogens with zero attached hydrogens (tertiary/aromatic N) is 2. The zero-order valence-electron chi connectivity index (χ0n) is 10.8. The van der Waals surface area contributed by atoms with E-state index in [1.807, 2.05) is 54.6 Å². The average Bonchev–Trinajstić information content (AvgIpc) is 3.14. The van der Waals surface area contributed by atoms with Gasteiger partial charge in [-0.1, -0.05) is 48.0 Å². The van der Waals surface area contributed by atoms with E-state index in [2.05, 4.69) is 10.2 Å². The predicted octanol–water partition coefficient (Wildman–Crippen LogP) is 5.27. The molecule has 0 aliphatic rings. The highest BCUT2D eigenvalue weighted by molar-refractivity contribution is 7.23. The van der Waals surface area contributed by atoms with Gasteiger partial charge in [-0.05, 0) is 18.2 Å². The summed E-state index contributed by atoms with van der Waals surface area (Å²) in [7, 11) is 0. The minimum absolute atomic E-state index is 0.458. The number of halogens is 1. The van der Waals surface area contributed by atoms with E-state index >= 15 is 0 Å². The molecular formula is C16H9ClN2OS. The minimum Gasteiger partial charge on any atom is -0.415 e. The Morgan fingerprint density at radius 3 is 2.38 bits per heavy atom. The molecule has 4 aromatic rings. The van der Waals surface area contributed by atoms with E-state index in [9.17, 15) is 0 Å². The van der Waals surface area contributed by atoms with E-state index < -0.39 is 0 Å². The SMILES string of the molecule is Clc1c(-c2nnc(-c3ccccc3)o2)sc2ccccc12. The molecule has 3 nitrogen and oxygen atoms in total. The fourth-order valence-electron chi connectivity index (χ4n) is 2.16. The lowest BCUT2D eigenvalue weighted by molar-refractivity contribution is 0.586. The largest absolute Gasteiger partial charge is 0.415 e. The van der Waals surface area contributed by atoms with Gasteiger partial charge in [0, 0.05) is 15.6 Å². The lowest BCUT2D eigenvalue weighted by Crippen LogP contribution is -1.75. The van der Waals surface area contributed by atoms with Crippen LogP contribution in [0.5, 0.6) is 0 Å². The summed E-state index contributed by atoms with van der Waals surface area (Å²) in [4.78, 5) is 0.813. The lowest BCUT2D eigenvalue weighted by atomic mass is 10.2. The first-order valence-corrected chi connectivity index (χ1v) is 7.59. The molecule has 0 unspecified atom stereocenters. The Morgan fingerprint density at radius 2 is 1.57 bits per heavy atom. The molecule has 0 spiro atoms. The minimum atomic E-state index is 0.458. The number of thiophene rings is 1. The third kappa shape index (κ3) is 2.13. The topological polar surface area (TPSA) is 38.9 Å². The van der Waals surface area contributed by atoms with Crippen molar-refractivity contribution in [2.75, 3.05) is 0 Å². The maximum atomic E-state index is 6.43. The van der Waals surface area contributed by atoms with Crippen LogP contribution in [0.3, 0.4) is 0 Å². The molecule has 0 fully saturated rings. The van der Waals surface area contributed by atoms with Crippen LogP contribution in [0, 0.1) is 0 Å². The van der Waals surface area contributed by atoms with Crippen molar-refractivity contribution in [1.29, 1.82) is 0 Å². The number of aromatic nitrogens is 2. The molecule has 2 heterocycles. The van der Waals surface area contributed by atoms with Crippen LogP contribution in [0.25, 0.3) is 32.3 Å². The average molecular weight is 313 g/mol. The predicted molar refractivity (Wildman–Crippen MR) is 85.6 cm³/mol. The summed E-state index contributed by atoms with van der Waals surface area (Å²) >= 11 is 7.99. The molecule has 0 saturated carbocycles. The Hall–Kier alpha value is -2.17. The molecule has 5 heteroatoms. The second-order valence-electron chi connectivity index (χ2n) is 4.52. The van der Waals surface area contributed by atoms with Gasteiger partial charge in [-0.2, -0.15) is 0 Å². The molecule has 4 rings (SSSR count). The van der Waals surface area contributed by atoms with Crippen molar-refractivity contribution in [2.24, 2.45) is 0 Å². The van der Waals surface area contributed by atoms with Gasteiger partial charge in [0.2, 0.25) is 5.89 Å². The van der Waals surface area contributed by atoms with Crippen LogP contribution in [-0.4, -0.2) is 10.2 Å². The fraction of sp³-hybridized carbons (Fsp3) is 0. The highest BCUT2D eigenvalue weighted by Gasteiger charge is 2.17. The number of hydrogen-bond donors (Lipinski definition) is 0. The van der Waals surface area contributed by atoms with Crippen LogP contribution in [-0.2, 0) is 0 Å². The molecule has 0 saturated heterocycles. The van der Waals surface area contributed by atoms with Gasteiger partial charge in [0.05, 0.1) is 5.02 Å². The molecule has 102 valence electrons. The van der Waals surface area contributed by atoms with E-state index in [0.29, 0.717) is 16.8 Å². The van der Waals surface area contributed by atoms with E-state index in [1.54, 1.807) is 11.3 Å². The van der Waals surface area contributed by atoms with Crippen molar-refractivity contribution in [3.05, 3.63) is 59.6 Å². The highest BCUT2D eigenvalue weighted by atomic mass is 35.5. The third-order valence-electron chi connectivity index (χ3n) is 3.17. The van der Waals surface area contributed by atoms with Gasteiger partial charge in [-0.25, -0.2) is 0 Å². The molecule has 0 N–H and O–H groups in total. The summed E-state index contributed by atoms with van der Waals surface area (Å²) in [5, 5.41) is 9.91. The highest BCUT2D eigenvalue weighted by Crippen LogP contribution is 2.41. The van der Waals surface area contributed by atoms with Crippen molar-refractivity contribution in [1.82, 2.24) is 10.2 Å². The fourth-order valence-corrected chi connectivity index (χ4v) is 3.60. The Bertz CT molecular complexity index is 914. The van der Waals surface area contributed by atoms with Gasteiger partial charge in [0.15, 0.2) is 0 Å². The maximum absolute atomic E-state index is 6.43. The molecule has 2 aromatic carbocycles. The molecule has 0 amide bonds. The van der Waals surface area contributed by atoms with Gasteiger partial charge in [-0.3, -0.25) is 0 Å². The van der Waals surface area contributed by atoms with Crippen LogP contribution in [0.4, 0.5) is 0 Å². The summed E-state index contributed by atoms with van der Waals surface area (Å²) in [6.45, 7) is 0. The van der Waals surface area contributed by atoms with Crippen molar-refractivity contribution >= 4 is 33.0 Å². The smallest absolute Gasteiger partial charge is 0.259 e. The first-order valence-electron chi connectivity index (χ1n) is 6.39. The molecule has 0 radical (unpaired) electrons. The number of hydrogen-bond acceptors (Lipinski definition) is 4. The van der Waals surface area contributed by atoms with Crippen LogP contribution >= 0.6 is 22.9 Å². The summed E-state index contributed by atoms with van der Waals surface area (Å²) in [5.74, 6) is 0.958.